The third kappa shape index (κ3) is 3.70. The van der Waals surface area contributed by atoms with Gasteiger partial charge in [0.15, 0.2) is 5.78 Å². The molecule has 0 amide bonds. The number of fused-ring (bicyclic) bond motifs is 1. The zero-order chi connectivity index (χ0) is 14.5. The number of Topliss-reactive ketones (excluding diaryl/α,β-unsaturated/α-hetero) is 1. The van der Waals surface area contributed by atoms with Gasteiger partial charge in [-0.15, -0.1) is 0 Å². The minimum atomic E-state index is -0.317. The lowest BCUT2D eigenvalue weighted by molar-refractivity contribution is -0.144. The Morgan fingerprint density at radius 2 is 2.05 bits per heavy atom. The van der Waals surface area contributed by atoms with E-state index in [4.69, 9.17) is 4.74 Å². The molecule has 0 aliphatic heterocycles. The maximum absolute atomic E-state index is 11.9. The molecule has 0 radical (unpaired) electrons. The number of carbonyl (C=O) groups is 2. The van der Waals surface area contributed by atoms with Crippen LogP contribution < -0.4 is 0 Å². The molecule has 2 rings (SSSR count). The van der Waals surface area contributed by atoms with Crippen molar-refractivity contribution >= 4 is 38.6 Å². The van der Waals surface area contributed by atoms with Gasteiger partial charge in [-0.25, -0.2) is 0 Å². The summed E-state index contributed by atoms with van der Waals surface area (Å²) in [4.78, 5) is 23.1. The van der Waals surface area contributed by atoms with Gasteiger partial charge in [0.1, 0.15) is 0 Å². The zero-order valence-corrected chi connectivity index (χ0v) is 12.9. The van der Waals surface area contributed by atoms with Crippen molar-refractivity contribution in [2.45, 2.75) is 26.3 Å². The van der Waals surface area contributed by atoms with Crippen molar-refractivity contribution in [2.75, 3.05) is 6.61 Å². The minimum absolute atomic E-state index is 0.0264. The first-order chi connectivity index (χ1) is 9.60. The van der Waals surface area contributed by atoms with Crippen LogP contribution in [0.3, 0.4) is 0 Å². The maximum atomic E-state index is 11.9. The molecule has 0 fully saturated rings. The summed E-state index contributed by atoms with van der Waals surface area (Å²) in [6.45, 7) is 2.39. The Morgan fingerprint density at radius 3 is 2.80 bits per heavy atom. The Labute approximate surface area is 125 Å². The summed E-state index contributed by atoms with van der Waals surface area (Å²) in [7, 11) is 0. The van der Waals surface area contributed by atoms with E-state index >= 15 is 0 Å². The Balaban J connectivity index is 1.98. The second-order valence-corrected chi connectivity index (χ2v) is 5.41. The number of halogens is 1. The molecule has 0 aliphatic rings. The van der Waals surface area contributed by atoms with Gasteiger partial charge in [-0.1, -0.05) is 15.9 Å². The average Bonchev–Trinajstić information content (AvgIpc) is 2.79. The number of benzene rings is 1. The number of hydrogen-bond acceptors (Lipinski definition) is 3. The highest BCUT2D eigenvalue weighted by Gasteiger charge is 2.10. The van der Waals surface area contributed by atoms with E-state index in [0.29, 0.717) is 6.61 Å². The van der Waals surface area contributed by atoms with Gasteiger partial charge < -0.3 is 9.30 Å². The highest BCUT2D eigenvalue weighted by atomic mass is 79.9. The van der Waals surface area contributed by atoms with Crippen molar-refractivity contribution in [3.05, 3.63) is 34.9 Å². The maximum Gasteiger partial charge on any atom is 0.306 e. The van der Waals surface area contributed by atoms with Gasteiger partial charge in [-0.3, -0.25) is 9.59 Å². The number of carbonyl (C=O) groups excluding carboxylic acids is 2. The quantitative estimate of drug-likeness (QED) is 0.759. The van der Waals surface area contributed by atoms with E-state index in [1.807, 2.05) is 35.0 Å². The predicted octanol–water partition coefficient (Wildman–Crippen LogP) is 3.32. The molecule has 4 nitrogen and oxygen atoms in total. The summed E-state index contributed by atoms with van der Waals surface area (Å²) in [5, 5.41) is 1.08. The highest BCUT2D eigenvalue weighted by Crippen LogP contribution is 2.21. The number of esters is 1. The van der Waals surface area contributed by atoms with Crippen LogP contribution in [0.25, 0.3) is 10.9 Å². The summed E-state index contributed by atoms with van der Waals surface area (Å²) < 4.78 is 7.72. The average molecular weight is 338 g/mol. The third-order valence-electron chi connectivity index (χ3n) is 2.99. The molecule has 1 heterocycles. The molecule has 1 aromatic heterocycles. The number of ketones is 1. The number of nitrogens with zero attached hydrogens (tertiary/aromatic N) is 1. The van der Waals surface area contributed by atoms with Crippen LogP contribution in [0, 0.1) is 0 Å². The van der Waals surface area contributed by atoms with Gasteiger partial charge in [0.05, 0.1) is 19.6 Å². The van der Waals surface area contributed by atoms with Crippen molar-refractivity contribution < 1.29 is 14.3 Å². The molecule has 20 heavy (non-hydrogen) atoms. The molecule has 5 heteroatoms. The smallest absolute Gasteiger partial charge is 0.306 e. The van der Waals surface area contributed by atoms with Crippen molar-refractivity contribution in [3.8, 4) is 0 Å². The molecule has 106 valence electrons. The Kier molecular flexibility index (Phi) is 4.95. The Hall–Kier alpha value is -1.62. The first-order valence-electron chi connectivity index (χ1n) is 6.52. The van der Waals surface area contributed by atoms with Gasteiger partial charge in [-0.05, 0) is 31.2 Å². The van der Waals surface area contributed by atoms with E-state index in [1.54, 1.807) is 6.92 Å². The molecule has 0 N–H and O–H groups in total. The Morgan fingerprint density at radius 1 is 1.25 bits per heavy atom. The van der Waals surface area contributed by atoms with Crippen LogP contribution in [-0.2, 0) is 20.9 Å². The van der Waals surface area contributed by atoms with Crippen LogP contribution in [-0.4, -0.2) is 22.9 Å². The number of rotatable bonds is 6. The monoisotopic (exact) mass is 337 g/mol. The lowest BCUT2D eigenvalue weighted by Gasteiger charge is -2.05. The van der Waals surface area contributed by atoms with Gasteiger partial charge in [0.2, 0.25) is 0 Å². The second-order valence-electron chi connectivity index (χ2n) is 4.49. The van der Waals surface area contributed by atoms with E-state index in [-0.39, 0.29) is 31.1 Å². The van der Waals surface area contributed by atoms with E-state index in [2.05, 4.69) is 15.9 Å². The van der Waals surface area contributed by atoms with E-state index in [9.17, 15) is 9.59 Å². The lowest BCUT2D eigenvalue weighted by atomic mass is 10.2. The normalized spacial score (nSPS) is 10.7. The summed E-state index contributed by atoms with van der Waals surface area (Å²) in [5.74, 6) is -0.291. The van der Waals surface area contributed by atoms with Crippen LogP contribution in [0.1, 0.15) is 19.8 Å². The van der Waals surface area contributed by atoms with Gasteiger partial charge >= 0.3 is 5.97 Å². The van der Waals surface area contributed by atoms with Gasteiger partial charge in [0, 0.05) is 28.0 Å². The summed E-state index contributed by atoms with van der Waals surface area (Å²) in [6, 6.07) is 7.90. The lowest BCUT2D eigenvalue weighted by Crippen LogP contribution is -2.12. The molecule has 0 saturated heterocycles. The molecule has 0 bridgehead atoms. The Bertz CT molecular complexity index is 633. The molecule has 0 spiro atoms. The minimum Gasteiger partial charge on any atom is -0.466 e. The molecule has 0 atom stereocenters. The molecule has 0 unspecified atom stereocenters. The van der Waals surface area contributed by atoms with Crippen LogP contribution in [0.5, 0.6) is 0 Å². The molecule has 0 aliphatic carbocycles. The van der Waals surface area contributed by atoms with Crippen LogP contribution >= 0.6 is 15.9 Å². The van der Waals surface area contributed by atoms with Crippen LogP contribution in [0.2, 0.25) is 0 Å². The summed E-state index contributed by atoms with van der Waals surface area (Å²) >= 11 is 3.42. The highest BCUT2D eigenvalue weighted by molar-refractivity contribution is 9.10. The molecule has 0 saturated carbocycles. The van der Waals surface area contributed by atoms with Gasteiger partial charge in [0.25, 0.3) is 0 Å². The number of ether oxygens (including phenoxy) is 1. The molecule has 2 aromatic rings. The first kappa shape index (κ1) is 14.8. The SMILES string of the molecule is CCOC(=O)CCC(=O)Cn1ccc2cc(Br)ccc21. The topological polar surface area (TPSA) is 48.3 Å². The molecular weight excluding hydrogens is 322 g/mol. The largest absolute Gasteiger partial charge is 0.466 e. The third-order valence-corrected chi connectivity index (χ3v) is 3.49. The first-order valence-corrected chi connectivity index (χ1v) is 7.31. The van der Waals surface area contributed by atoms with Crippen LogP contribution in [0.4, 0.5) is 0 Å². The van der Waals surface area contributed by atoms with Crippen molar-refractivity contribution in [2.24, 2.45) is 0 Å². The zero-order valence-electron chi connectivity index (χ0n) is 11.3. The van der Waals surface area contributed by atoms with E-state index in [0.717, 1.165) is 15.4 Å². The number of aromatic nitrogens is 1. The molecular formula is C15H16BrNO3. The molecule has 1 aromatic carbocycles. The fourth-order valence-corrected chi connectivity index (χ4v) is 2.43. The number of hydrogen-bond donors (Lipinski definition) is 0. The second kappa shape index (κ2) is 6.70. The van der Waals surface area contributed by atoms with Gasteiger partial charge in [-0.2, -0.15) is 0 Å². The van der Waals surface area contributed by atoms with E-state index < -0.39 is 0 Å². The van der Waals surface area contributed by atoms with Crippen molar-refractivity contribution in [1.29, 1.82) is 0 Å². The van der Waals surface area contributed by atoms with E-state index in [1.165, 1.54) is 0 Å². The predicted molar refractivity (Wildman–Crippen MR) is 80.5 cm³/mol. The fraction of sp³-hybridized carbons (Fsp3) is 0.333. The van der Waals surface area contributed by atoms with Crippen LogP contribution in [0.15, 0.2) is 34.9 Å². The van der Waals surface area contributed by atoms with Crippen molar-refractivity contribution in [3.63, 3.8) is 0 Å². The summed E-state index contributed by atoms with van der Waals surface area (Å²) in [6.07, 6.45) is 2.26. The van der Waals surface area contributed by atoms with Crippen molar-refractivity contribution in [1.82, 2.24) is 4.57 Å². The standard InChI is InChI=1S/C15H16BrNO3/c1-2-20-15(19)6-4-13(18)10-17-8-7-11-9-12(16)3-5-14(11)17/h3,5,7-9H,2,4,6,10H2,1H3. The fourth-order valence-electron chi connectivity index (χ4n) is 2.05. The summed E-state index contributed by atoms with van der Waals surface area (Å²) in [5.41, 5.74) is 1.01.